The zero-order valence-electron chi connectivity index (χ0n) is 12.1. The van der Waals surface area contributed by atoms with Gasteiger partial charge in [0.15, 0.2) is 11.5 Å². The number of pyridine rings is 1. The van der Waals surface area contributed by atoms with Gasteiger partial charge in [-0.2, -0.15) is 0 Å². The molecule has 0 unspecified atom stereocenters. The van der Waals surface area contributed by atoms with Gasteiger partial charge in [0.2, 0.25) is 0 Å². The third kappa shape index (κ3) is 2.09. The normalized spacial score (nSPS) is 13.1. The highest BCUT2D eigenvalue weighted by atomic mass is 16.6. The summed E-state index contributed by atoms with van der Waals surface area (Å²) in [5.41, 5.74) is 2.64. The molecule has 0 bridgehead atoms. The van der Waals surface area contributed by atoms with E-state index in [4.69, 9.17) is 9.47 Å². The summed E-state index contributed by atoms with van der Waals surface area (Å²) in [6, 6.07) is 10.7. The molecule has 1 aliphatic rings. The van der Waals surface area contributed by atoms with Gasteiger partial charge in [0, 0.05) is 36.5 Å². The lowest BCUT2D eigenvalue weighted by Crippen LogP contribution is -2.16. The third-order valence-electron chi connectivity index (χ3n) is 3.55. The molecule has 1 radical (unpaired) electrons. The minimum Gasteiger partial charge on any atom is -0.485 e. The van der Waals surface area contributed by atoms with E-state index in [-0.39, 0.29) is 0 Å². The molecule has 3 aromatic rings. The molecule has 1 aromatic carbocycles. The van der Waals surface area contributed by atoms with Gasteiger partial charge in [0.1, 0.15) is 24.7 Å². The summed E-state index contributed by atoms with van der Waals surface area (Å²) in [7, 11) is 1.89. The van der Waals surface area contributed by atoms with E-state index >= 15 is 0 Å². The van der Waals surface area contributed by atoms with E-state index in [2.05, 4.69) is 26.7 Å². The zero-order valence-corrected chi connectivity index (χ0v) is 12.1. The molecule has 3 heterocycles. The van der Waals surface area contributed by atoms with Crippen molar-refractivity contribution in [2.24, 2.45) is 0 Å². The summed E-state index contributed by atoms with van der Waals surface area (Å²) >= 11 is 0. The highest BCUT2D eigenvalue weighted by Gasteiger charge is 2.16. The fraction of sp³-hybridized carbons (Fsp3) is 0.188. The molecule has 0 amide bonds. The predicted molar refractivity (Wildman–Crippen MR) is 85.2 cm³/mol. The second-order valence-corrected chi connectivity index (χ2v) is 4.92. The van der Waals surface area contributed by atoms with Gasteiger partial charge in [-0.15, -0.1) is 0 Å². The lowest BCUT2D eigenvalue weighted by Gasteiger charge is -2.21. The van der Waals surface area contributed by atoms with Crippen LogP contribution in [0.2, 0.25) is 0 Å². The summed E-state index contributed by atoms with van der Waals surface area (Å²) in [5, 5.41) is 7.53. The molecule has 4 rings (SSSR count). The number of fused-ring (bicyclic) bond motifs is 2. The summed E-state index contributed by atoms with van der Waals surface area (Å²) < 4.78 is 11.2. The van der Waals surface area contributed by atoms with Gasteiger partial charge in [0.25, 0.3) is 0 Å². The number of nitrogens with one attached hydrogen (secondary N) is 3. The number of hydrogen-bond acceptors (Lipinski definition) is 5. The number of H-pyrrole nitrogens is 1. The van der Waals surface area contributed by atoms with Crippen LogP contribution in [0.1, 0.15) is 0 Å². The molecule has 0 saturated carbocycles. The minimum absolute atomic E-state index is 0.532. The topological polar surface area (TPSA) is 71.2 Å². The van der Waals surface area contributed by atoms with Crippen LogP contribution in [0.25, 0.3) is 11.0 Å². The number of hydrogen-bond donors (Lipinski definition) is 3. The van der Waals surface area contributed by atoms with Crippen molar-refractivity contribution in [3.05, 3.63) is 36.5 Å². The summed E-state index contributed by atoms with van der Waals surface area (Å²) in [6.07, 6.45) is 1.87. The van der Waals surface area contributed by atoms with Gasteiger partial charge in [-0.05, 0) is 18.2 Å². The van der Waals surface area contributed by atoms with Crippen LogP contribution in [-0.2, 0) is 0 Å². The lowest BCUT2D eigenvalue weighted by molar-refractivity contribution is 0.172. The fourth-order valence-electron chi connectivity index (χ4n) is 2.55. The Balaban J connectivity index is 1.75. The first-order valence-electron chi connectivity index (χ1n) is 7.08. The molecular weight excluding hydrogens is 280 g/mol. The average Bonchev–Trinajstić information content (AvgIpc) is 3.03. The Labute approximate surface area is 127 Å². The van der Waals surface area contributed by atoms with Crippen LogP contribution in [0.4, 0.5) is 17.2 Å². The van der Waals surface area contributed by atoms with Crippen molar-refractivity contribution in [3.63, 3.8) is 0 Å². The maximum atomic E-state index is 5.69. The summed E-state index contributed by atoms with van der Waals surface area (Å²) in [5.74, 6) is 2.03. The molecule has 111 valence electrons. The molecule has 0 saturated heterocycles. The van der Waals surface area contributed by atoms with Crippen molar-refractivity contribution < 1.29 is 9.47 Å². The maximum absolute atomic E-state index is 5.69. The van der Waals surface area contributed by atoms with E-state index in [9.17, 15) is 0 Å². The van der Waals surface area contributed by atoms with Crippen LogP contribution in [0, 0.1) is 6.07 Å². The Hall–Kier alpha value is -2.89. The SMILES string of the molecule is CNc1cc(Nc2cc[c]c3c2OCCO3)nc2[nH]ccc12. The standard InChI is InChI=1S/C16H15N4O2/c1-17-12-9-14(20-16-10(12)5-6-18-16)19-11-3-2-4-13-15(11)22-8-7-21-13/h2-3,5-6,9H,7-8H2,1H3,(H3,17,18,19,20). The van der Waals surface area contributed by atoms with E-state index in [1.54, 1.807) is 0 Å². The fourth-order valence-corrected chi connectivity index (χ4v) is 2.55. The highest BCUT2D eigenvalue weighted by Crippen LogP contribution is 2.38. The first-order chi connectivity index (χ1) is 10.8. The zero-order chi connectivity index (χ0) is 14.9. The number of ether oxygens (including phenoxy) is 2. The van der Waals surface area contributed by atoms with Crippen LogP contribution >= 0.6 is 0 Å². The summed E-state index contributed by atoms with van der Waals surface area (Å²) in [6.45, 7) is 1.08. The molecule has 3 N–H and O–H groups in total. The Morgan fingerprint density at radius 1 is 1.23 bits per heavy atom. The van der Waals surface area contributed by atoms with E-state index < -0.39 is 0 Å². The first kappa shape index (κ1) is 12.8. The van der Waals surface area contributed by atoms with Crippen LogP contribution in [-0.4, -0.2) is 30.2 Å². The molecule has 2 aromatic heterocycles. The molecule has 0 atom stereocenters. The van der Waals surface area contributed by atoms with Gasteiger partial charge >= 0.3 is 0 Å². The Kier molecular flexibility index (Phi) is 3.00. The van der Waals surface area contributed by atoms with E-state index in [0.717, 1.165) is 28.2 Å². The maximum Gasteiger partial charge on any atom is 0.185 e. The van der Waals surface area contributed by atoms with Crippen molar-refractivity contribution in [3.8, 4) is 11.5 Å². The monoisotopic (exact) mass is 295 g/mol. The average molecular weight is 295 g/mol. The number of anilines is 3. The number of aromatic amines is 1. The molecular formula is C16H15N4O2. The highest BCUT2D eigenvalue weighted by molar-refractivity contribution is 5.91. The molecule has 0 aliphatic carbocycles. The van der Waals surface area contributed by atoms with Gasteiger partial charge in [-0.3, -0.25) is 0 Å². The second-order valence-electron chi connectivity index (χ2n) is 4.92. The quantitative estimate of drug-likeness (QED) is 0.693. The minimum atomic E-state index is 0.532. The first-order valence-corrected chi connectivity index (χ1v) is 7.08. The number of benzene rings is 1. The third-order valence-corrected chi connectivity index (χ3v) is 3.55. The van der Waals surface area contributed by atoms with Crippen LogP contribution in [0.3, 0.4) is 0 Å². The van der Waals surface area contributed by atoms with Gasteiger partial charge in [0.05, 0.1) is 5.69 Å². The number of rotatable bonds is 3. The number of nitrogens with zero attached hydrogens (tertiary/aromatic N) is 1. The Morgan fingerprint density at radius 2 is 2.14 bits per heavy atom. The molecule has 1 aliphatic heterocycles. The van der Waals surface area contributed by atoms with E-state index in [1.807, 2.05) is 37.5 Å². The van der Waals surface area contributed by atoms with Gasteiger partial charge < -0.3 is 25.1 Å². The largest absolute Gasteiger partial charge is 0.485 e. The lowest BCUT2D eigenvalue weighted by atomic mass is 10.2. The van der Waals surface area contributed by atoms with E-state index in [0.29, 0.717) is 24.7 Å². The smallest absolute Gasteiger partial charge is 0.185 e. The van der Waals surface area contributed by atoms with E-state index in [1.165, 1.54) is 0 Å². The molecule has 6 heteroatoms. The van der Waals surface area contributed by atoms with Crippen LogP contribution in [0.5, 0.6) is 11.5 Å². The van der Waals surface area contributed by atoms with Crippen molar-refractivity contribution in [2.75, 3.05) is 30.9 Å². The Morgan fingerprint density at radius 3 is 3.05 bits per heavy atom. The molecule has 0 spiro atoms. The number of aromatic nitrogens is 2. The van der Waals surface area contributed by atoms with Crippen LogP contribution in [0.15, 0.2) is 30.5 Å². The van der Waals surface area contributed by atoms with Gasteiger partial charge in [-0.25, -0.2) is 4.98 Å². The molecule has 22 heavy (non-hydrogen) atoms. The van der Waals surface area contributed by atoms with Gasteiger partial charge in [-0.1, -0.05) is 0 Å². The molecule has 6 nitrogen and oxygen atoms in total. The summed E-state index contributed by atoms with van der Waals surface area (Å²) in [4.78, 5) is 7.70. The van der Waals surface area contributed by atoms with Crippen molar-refractivity contribution >= 4 is 28.2 Å². The van der Waals surface area contributed by atoms with Crippen molar-refractivity contribution in [1.82, 2.24) is 9.97 Å². The van der Waals surface area contributed by atoms with Crippen molar-refractivity contribution in [1.29, 1.82) is 0 Å². The molecule has 0 fully saturated rings. The Bertz CT molecular complexity index is 828. The second kappa shape index (κ2) is 5.14. The predicted octanol–water partition coefficient (Wildman–Crippen LogP) is 2.92. The van der Waals surface area contributed by atoms with Crippen molar-refractivity contribution in [2.45, 2.75) is 0 Å². The van der Waals surface area contributed by atoms with Crippen LogP contribution < -0.4 is 20.1 Å².